The molecule has 78 heavy (non-hydrogen) atoms. The first kappa shape index (κ1) is 44.6. The number of pyridine rings is 1. The van der Waals surface area contributed by atoms with E-state index in [0.29, 0.717) is 11.9 Å². The van der Waals surface area contributed by atoms with Gasteiger partial charge in [-0.25, -0.2) is 24.9 Å². The van der Waals surface area contributed by atoms with Crippen LogP contribution in [0.15, 0.2) is 238 Å². The van der Waals surface area contributed by atoms with Gasteiger partial charge in [-0.3, -0.25) is 14.1 Å². The Labute approximate surface area is 455 Å². The molecule has 0 amide bonds. The van der Waals surface area contributed by atoms with Crippen molar-refractivity contribution in [3.63, 3.8) is 0 Å². The Hall–Kier alpha value is -9.72. The lowest BCUT2D eigenvalue weighted by atomic mass is 10.1. The lowest BCUT2D eigenvalue weighted by molar-refractivity contribution is 0.940. The molecule has 9 heterocycles. The third-order valence-electron chi connectivity index (χ3n) is 14.9. The monoisotopic (exact) mass is 1050 g/mol. The molecule has 9 aromatic heterocycles. The van der Waals surface area contributed by atoms with Crippen molar-refractivity contribution in [1.29, 1.82) is 0 Å². The molecule has 18 aromatic rings. The van der Waals surface area contributed by atoms with Crippen LogP contribution in [0.1, 0.15) is 0 Å². The quantitative estimate of drug-likeness (QED) is 0.175. The number of nitrogens with zero attached hydrogens (tertiary/aromatic N) is 9. The van der Waals surface area contributed by atoms with Crippen LogP contribution in [0, 0.1) is 0 Å². The number of rotatable bonds is 3. The Morgan fingerprint density at radius 2 is 0.603 bits per heavy atom. The Bertz CT molecular complexity index is 4810. The van der Waals surface area contributed by atoms with Gasteiger partial charge < -0.3 is 4.57 Å². The highest BCUT2D eigenvalue weighted by Gasteiger charge is 2.19. The van der Waals surface area contributed by atoms with E-state index in [0.717, 1.165) is 27.8 Å². The highest BCUT2D eigenvalue weighted by Crippen LogP contribution is 2.43. The summed E-state index contributed by atoms with van der Waals surface area (Å²) < 4.78 is 14.6. The van der Waals surface area contributed by atoms with Crippen LogP contribution in [-0.4, -0.2) is 43.6 Å². The molecule has 12 heteroatoms. The first-order valence-electron chi connectivity index (χ1n) is 25.5. The van der Waals surface area contributed by atoms with Crippen molar-refractivity contribution in [2.24, 2.45) is 0 Å². The summed E-state index contributed by atoms with van der Waals surface area (Å²) in [7, 11) is 0. The Kier molecular flexibility index (Phi) is 10.3. The minimum atomic E-state index is 0.644. The third-order valence-corrected chi connectivity index (χ3v) is 18.3. The zero-order chi connectivity index (χ0) is 51.3. The summed E-state index contributed by atoms with van der Waals surface area (Å²) in [5, 5.41) is 15.3. The van der Waals surface area contributed by atoms with Gasteiger partial charge in [0.05, 0.1) is 33.1 Å². The fourth-order valence-corrected chi connectivity index (χ4v) is 14.9. The van der Waals surface area contributed by atoms with Crippen molar-refractivity contribution in [2.45, 2.75) is 0 Å². The number of aromatic nitrogens is 9. The van der Waals surface area contributed by atoms with Crippen molar-refractivity contribution in [1.82, 2.24) is 43.6 Å². The minimum Gasteiger partial charge on any atom is -0.309 e. The second-order valence-corrected chi connectivity index (χ2v) is 22.4. The molecular formula is C66H39N9S3. The molecule has 9 nitrogen and oxygen atoms in total. The number of benzene rings is 9. The van der Waals surface area contributed by atoms with E-state index in [2.05, 4.69) is 238 Å². The highest BCUT2D eigenvalue weighted by atomic mass is 32.1. The van der Waals surface area contributed by atoms with Gasteiger partial charge >= 0.3 is 0 Å². The van der Waals surface area contributed by atoms with Gasteiger partial charge in [0.15, 0.2) is 0 Å². The summed E-state index contributed by atoms with van der Waals surface area (Å²) in [6.45, 7) is 0. The number of hydrogen-bond donors (Lipinski definition) is 0. The maximum atomic E-state index is 4.51. The van der Waals surface area contributed by atoms with Crippen LogP contribution in [0.3, 0.4) is 0 Å². The second kappa shape index (κ2) is 18.0. The molecule has 0 saturated heterocycles. The molecule has 0 aliphatic heterocycles. The van der Waals surface area contributed by atoms with E-state index in [-0.39, 0.29) is 0 Å². The smallest absolute Gasteiger partial charge is 0.237 e. The molecule has 0 unspecified atom stereocenters. The van der Waals surface area contributed by atoms with Gasteiger partial charge in [-0.1, -0.05) is 109 Å². The Morgan fingerprint density at radius 3 is 1.04 bits per heavy atom. The van der Waals surface area contributed by atoms with Gasteiger partial charge in [0.2, 0.25) is 11.9 Å². The van der Waals surface area contributed by atoms with Crippen LogP contribution in [0.25, 0.3) is 144 Å². The molecule has 0 bridgehead atoms. The standard InChI is InChI=1S/C23H14N2S.C22H13N3S.C21H12N4S/c1-3-7-20-16(5-1)18-14-23-19(17-6-2-4-8-22(17)26-23)13-21(18)25(20)15-9-11-24-12-10-15;1-3-8-18-14(6-1)16-13-21-17(15-7-2-4-9-20(15)26-21)12-19(16)25(18)22-23-10-5-11-24-22;1-3-7-17-13(5-1)15-10-20-16(14-6-2-4-8-19(14)26-20)9-18(15)25(17)21-23-11-22-12-24-21/h1-14H;1-13H;1-12H. The Balaban J connectivity index is 0.0000000978. The van der Waals surface area contributed by atoms with Crippen molar-refractivity contribution in [3.8, 4) is 17.6 Å². The Morgan fingerprint density at radius 1 is 0.244 bits per heavy atom. The molecule has 0 spiro atoms. The molecule has 0 saturated carbocycles. The largest absolute Gasteiger partial charge is 0.309 e. The molecule has 366 valence electrons. The van der Waals surface area contributed by atoms with E-state index in [1.54, 1.807) is 25.0 Å². The fraction of sp³-hybridized carbons (Fsp3) is 0. The van der Waals surface area contributed by atoms with Crippen LogP contribution < -0.4 is 0 Å². The van der Waals surface area contributed by atoms with Crippen molar-refractivity contribution in [3.05, 3.63) is 238 Å². The van der Waals surface area contributed by atoms with Crippen LogP contribution in [0.5, 0.6) is 0 Å². The molecule has 0 aliphatic carbocycles. The average molecular weight is 1050 g/mol. The van der Waals surface area contributed by atoms with Crippen LogP contribution in [-0.2, 0) is 0 Å². The summed E-state index contributed by atoms with van der Waals surface area (Å²) in [4.78, 5) is 26.0. The number of fused-ring (bicyclic) bond motifs is 18. The first-order chi connectivity index (χ1) is 38.7. The zero-order valence-corrected chi connectivity index (χ0v) is 43.7. The van der Waals surface area contributed by atoms with E-state index in [9.17, 15) is 0 Å². The molecule has 0 N–H and O–H groups in total. The van der Waals surface area contributed by atoms with E-state index in [1.807, 2.05) is 52.5 Å². The van der Waals surface area contributed by atoms with Gasteiger partial charge in [0.1, 0.15) is 12.7 Å². The van der Waals surface area contributed by atoms with Crippen molar-refractivity contribution >= 4 is 160 Å². The van der Waals surface area contributed by atoms with Gasteiger partial charge in [-0.05, 0) is 91.0 Å². The summed E-state index contributed by atoms with van der Waals surface area (Å²) in [6, 6.07) is 71.2. The average Bonchev–Trinajstić information content (AvgIpc) is 4.44. The summed E-state index contributed by atoms with van der Waals surface area (Å²) >= 11 is 5.56. The molecule has 0 radical (unpaired) electrons. The van der Waals surface area contributed by atoms with E-state index in [1.165, 1.54) is 104 Å². The van der Waals surface area contributed by atoms with E-state index >= 15 is 0 Å². The summed E-state index contributed by atoms with van der Waals surface area (Å²) in [5.41, 5.74) is 8.13. The zero-order valence-electron chi connectivity index (χ0n) is 41.3. The lowest BCUT2D eigenvalue weighted by Crippen LogP contribution is -2.00. The lowest BCUT2D eigenvalue weighted by Gasteiger charge is -2.07. The minimum absolute atomic E-state index is 0.644. The maximum Gasteiger partial charge on any atom is 0.237 e. The fourth-order valence-electron chi connectivity index (χ4n) is 11.5. The first-order valence-corrected chi connectivity index (χ1v) is 28.0. The highest BCUT2D eigenvalue weighted by molar-refractivity contribution is 7.26. The topological polar surface area (TPSA) is 92.1 Å². The van der Waals surface area contributed by atoms with Gasteiger partial charge in [0, 0.05) is 123 Å². The maximum absolute atomic E-state index is 4.51. The molecule has 0 atom stereocenters. The second-order valence-electron chi connectivity index (χ2n) is 19.1. The predicted octanol–water partition coefficient (Wildman–Crippen LogP) is 17.8. The molecule has 18 rings (SSSR count). The molecular weight excluding hydrogens is 1010 g/mol. The van der Waals surface area contributed by atoms with Crippen molar-refractivity contribution in [2.75, 3.05) is 0 Å². The SMILES string of the molecule is c1ccc2c(c1)sc1cc3c4ccccc4n(-c4ccncc4)c3cc12.c1ccc2c(c1)sc1cc3c4ccccc4n(-c4ncncn4)c3cc12.c1cnc(-n2c3ccccc3c3cc4sc5ccccc5c4cc32)nc1. The van der Waals surface area contributed by atoms with Crippen LogP contribution >= 0.6 is 34.0 Å². The molecule has 9 aromatic carbocycles. The predicted molar refractivity (Wildman–Crippen MR) is 328 cm³/mol. The third kappa shape index (κ3) is 7.04. The number of thiophene rings is 3. The normalized spacial score (nSPS) is 11.8. The summed E-state index contributed by atoms with van der Waals surface area (Å²) in [5.74, 6) is 1.35. The summed E-state index contributed by atoms with van der Waals surface area (Å²) in [6.07, 6.45) is 10.4. The number of hydrogen-bond acceptors (Lipinski definition) is 9. The van der Waals surface area contributed by atoms with Gasteiger partial charge in [-0.2, -0.15) is 0 Å². The van der Waals surface area contributed by atoms with E-state index in [4.69, 9.17) is 0 Å². The molecule has 0 fully saturated rings. The van der Waals surface area contributed by atoms with Gasteiger partial charge in [-0.15, -0.1) is 34.0 Å². The van der Waals surface area contributed by atoms with E-state index < -0.39 is 0 Å². The molecule has 0 aliphatic rings. The van der Waals surface area contributed by atoms with Crippen molar-refractivity contribution < 1.29 is 0 Å². The van der Waals surface area contributed by atoms with Gasteiger partial charge in [0.25, 0.3) is 0 Å². The number of para-hydroxylation sites is 3. The van der Waals surface area contributed by atoms with Crippen LogP contribution in [0.2, 0.25) is 0 Å². The van der Waals surface area contributed by atoms with Crippen LogP contribution in [0.4, 0.5) is 0 Å².